The number of piperidine rings is 1. The van der Waals surface area contributed by atoms with Gasteiger partial charge in [0.15, 0.2) is 0 Å². The lowest BCUT2D eigenvalue weighted by Crippen LogP contribution is -2.48. The molecule has 4 rings (SSSR count). The number of nitrogens with one attached hydrogen (secondary N) is 1. The van der Waals surface area contributed by atoms with Crippen molar-refractivity contribution in [2.75, 3.05) is 19.6 Å². The Morgan fingerprint density at radius 1 is 1.12 bits per heavy atom. The van der Waals surface area contributed by atoms with Gasteiger partial charge < -0.3 is 4.90 Å². The molecule has 0 radical (unpaired) electrons. The molecular formula is C20H26N4O. The molecule has 0 spiro atoms. The van der Waals surface area contributed by atoms with Crippen LogP contribution in [0.3, 0.4) is 0 Å². The van der Waals surface area contributed by atoms with Gasteiger partial charge >= 0.3 is 0 Å². The minimum absolute atomic E-state index is 0.0423. The Balaban J connectivity index is 1.42. The number of amides is 1. The number of hydrogen-bond acceptors (Lipinski definition) is 3. The van der Waals surface area contributed by atoms with E-state index < -0.39 is 0 Å². The predicted octanol–water partition coefficient (Wildman–Crippen LogP) is 2.78. The number of carbonyl (C=O) groups excluding carboxylic acids is 1. The summed E-state index contributed by atoms with van der Waals surface area (Å²) in [6, 6.07) is 12.6. The number of carbonyl (C=O) groups is 1. The summed E-state index contributed by atoms with van der Waals surface area (Å²) in [5.41, 5.74) is 2.45. The molecule has 1 aromatic heterocycles. The molecule has 2 aromatic rings. The third kappa shape index (κ3) is 3.61. The summed E-state index contributed by atoms with van der Waals surface area (Å²) >= 11 is 0. The molecular weight excluding hydrogens is 312 g/mol. The van der Waals surface area contributed by atoms with E-state index in [1.54, 1.807) is 6.20 Å². The van der Waals surface area contributed by atoms with Crippen molar-refractivity contribution in [2.24, 2.45) is 0 Å². The Kier molecular flexibility index (Phi) is 4.83. The van der Waals surface area contributed by atoms with Crippen LogP contribution in [0.25, 0.3) is 0 Å². The summed E-state index contributed by atoms with van der Waals surface area (Å²) in [7, 11) is 0. The van der Waals surface area contributed by atoms with E-state index in [1.807, 2.05) is 12.1 Å². The highest BCUT2D eigenvalue weighted by atomic mass is 16.2. The molecule has 0 saturated carbocycles. The van der Waals surface area contributed by atoms with E-state index in [2.05, 4.69) is 44.3 Å². The Hall–Kier alpha value is -2.14. The topological polar surface area (TPSA) is 52.2 Å². The summed E-state index contributed by atoms with van der Waals surface area (Å²) in [6.45, 7) is 3.59. The van der Waals surface area contributed by atoms with Gasteiger partial charge in [-0.2, -0.15) is 5.10 Å². The van der Waals surface area contributed by atoms with Crippen LogP contribution in [0.5, 0.6) is 0 Å². The zero-order valence-electron chi connectivity index (χ0n) is 14.6. The van der Waals surface area contributed by atoms with E-state index in [4.69, 9.17) is 0 Å². The number of aromatic nitrogens is 2. The number of rotatable bonds is 4. The van der Waals surface area contributed by atoms with Crippen LogP contribution < -0.4 is 0 Å². The van der Waals surface area contributed by atoms with Gasteiger partial charge in [0, 0.05) is 37.4 Å². The van der Waals surface area contributed by atoms with Crippen molar-refractivity contribution >= 4 is 5.91 Å². The van der Waals surface area contributed by atoms with Gasteiger partial charge in [-0.25, -0.2) is 0 Å². The van der Waals surface area contributed by atoms with Crippen molar-refractivity contribution < 1.29 is 4.79 Å². The summed E-state index contributed by atoms with van der Waals surface area (Å²) in [6.07, 6.45) is 6.10. The second kappa shape index (κ2) is 7.40. The first-order valence-corrected chi connectivity index (χ1v) is 9.37. The zero-order valence-corrected chi connectivity index (χ0v) is 14.6. The largest absolute Gasteiger partial charge is 0.341 e. The molecule has 3 heterocycles. The van der Waals surface area contributed by atoms with Crippen molar-refractivity contribution in [1.29, 1.82) is 0 Å². The Bertz CT molecular complexity index is 685. The highest BCUT2D eigenvalue weighted by Crippen LogP contribution is 2.28. The molecule has 2 aliphatic heterocycles. The fourth-order valence-electron chi connectivity index (χ4n) is 4.25. The number of benzene rings is 1. The summed E-state index contributed by atoms with van der Waals surface area (Å²) < 4.78 is 0. The molecule has 132 valence electrons. The maximum Gasteiger partial charge on any atom is 0.239 e. The first-order chi connectivity index (χ1) is 12.3. The van der Waals surface area contributed by atoms with Crippen LogP contribution in [0, 0.1) is 0 Å². The molecule has 0 unspecified atom stereocenters. The average Bonchev–Trinajstić information content (AvgIpc) is 3.34. The number of nitrogens with zero attached hydrogens (tertiary/aromatic N) is 3. The van der Waals surface area contributed by atoms with Crippen molar-refractivity contribution in [1.82, 2.24) is 20.0 Å². The highest BCUT2D eigenvalue weighted by molar-refractivity contribution is 5.82. The highest BCUT2D eigenvalue weighted by Gasteiger charge is 2.35. The molecule has 0 aliphatic carbocycles. The SMILES string of the molecule is O=C([C@@H]1CCCN1Cc1ccccc1)N1CCC[C@@H](c2ccn[nH]2)C1. The van der Waals surface area contributed by atoms with Gasteiger partial charge in [0.1, 0.15) is 0 Å². The Morgan fingerprint density at radius 2 is 1.96 bits per heavy atom. The standard InChI is InChI=1S/C20H26N4O/c25-20(24-13-4-8-17(15-24)18-10-11-21-22-18)19-9-5-12-23(19)14-16-6-2-1-3-7-16/h1-3,6-7,10-11,17,19H,4-5,8-9,12-15H2,(H,21,22)/t17-,19+/m1/s1. The maximum atomic E-state index is 13.2. The third-order valence-electron chi connectivity index (χ3n) is 5.57. The Labute approximate surface area is 149 Å². The molecule has 25 heavy (non-hydrogen) atoms. The van der Waals surface area contributed by atoms with Gasteiger partial charge in [0.2, 0.25) is 5.91 Å². The number of H-pyrrole nitrogens is 1. The minimum Gasteiger partial charge on any atom is -0.341 e. The number of hydrogen-bond donors (Lipinski definition) is 1. The molecule has 1 aromatic carbocycles. The maximum absolute atomic E-state index is 13.2. The van der Waals surface area contributed by atoms with E-state index in [0.29, 0.717) is 11.8 Å². The van der Waals surface area contributed by atoms with Crippen molar-refractivity contribution in [3.8, 4) is 0 Å². The lowest BCUT2D eigenvalue weighted by atomic mass is 9.94. The second-order valence-electron chi connectivity index (χ2n) is 7.25. The molecule has 2 aliphatic rings. The molecule has 1 amide bonds. The van der Waals surface area contributed by atoms with Gasteiger partial charge in [-0.15, -0.1) is 0 Å². The van der Waals surface area contributed by atoms with Crippen LogP contribution in [-0.4, -0.2) is 51.6 Å². The van der Waals surface area contributed by atoms with Gasteiger partial charge in [-0.1, -0.05) is 30.3 Å². The third-order valence-corrected chi connectivity index (χ3v) is 5.57. The van der Waals surface area contributed by atoms with Crippen LogP contribution in [0.4, 0.5) is 0 Å². The zero-order chi connectivity index (χ0) is 17.1. The van der Waals surface area contributed by atoms with Crippen LogP contribution in [0.15, 0.2) is 42.6 Å². The minimum atomic E-state index is 0.0423. The van der Waals surface area contributed by atoms with Crippen LogP contribution in [0.2, 0.25) is 0 Å². The normalized spacial score (nSPS) is 24.6. The smallest absolute Gasteiger partial charge is 0.239 e. The van der Waals surface area contributed by atoms with E-state index in [0.717, 1.165) is 57.6 Å². The quantitative estimate of drug-likeness (QED) is 0.933. The molecule has 0 bridgehead atoms. The van der Waals surface area contributed by atoms with E-state index in [1.165, 1.54) is 5.56 Å². The van der Waals surface area contributed by atoms with E-state index >= 15 is 0 Å². The van der Waals surface area contributed by atoms with Crippen molar-refractivity contribution in [3.05, 3.63) is 53.9 Å². The number of likely N-dealkylation sites (tertiary alicyclic amines) is 2. The van der Waals surface area contributed by atoms with Gasteiger partial charge in [0.25, 0.3) is 0 Å². The summed E-state index contributed by atoms with van der Waals surface area (Å²) in [5, 5.41) is 7.15. The first-order valence-electron chi connectivity index (χ1n) is 9.37. The van der Waals surface area contributed by atoms with Gasteiger partial charge in [-0.3, -0.25) is 14.8 Å². The second-order valence-corrected chi connectivity index (χ2v) is 7.25. The van der Waals surface area contributed by atoms with E-state index in [-0.39, 0.29) is 6.04 Å². The fraction of sp³-hybridized carbons (Fsp3) is 0.500. The monoisotopic (exact) mass is 338 g/mol. The van der Waals surface area contributed by atoms with Gasteiger partial charge in [-0.05, 0) is 43.9 Å². The molecule has 2 atom stereocenters. The van der Waals surface area contributed by atoms with E-state index in [9.17, 15) is 4.79 Å². The van der Waals surface area contributed by atoms with Gasteiger partial charge in [0.05, 0.1) is 6.04 Å². The molecule has 1 N–H and O–H groups in total. The van der Waals surface area contributed by atoms with Crippen LogP contribution in [-0.2, 0) is 11.3 Å². The fourth-order valence-corrected chi connectivity index (χ4v) is 4.25. The Morgan fingerprint density at radius 3 is 2.76 bits per heavy atom. The predicted molar refractivity (Wildman–Crippen MR) is 97.0 cm³/mol. The van der Waals surface area contributed by atoms with Crippen LogP contribution >= 0.6 is 0 Å². The molecule has 5 nitrogen and oxygen atoms in total. The lowest BCUT2D eigenvalue weighted by molar-refractivity contribution is -0.137. The number of aromatic amines is 1. The average molecular weight is 338 g/mol. The van der Waals surface area contributed by atoms with Crippen molar-refractivity contribution in [2.45, 2.75) is 44.2 Å². The summed E-state index contributed by atoms with van der Waals surface area (Å²) in [5.74, 6) is 0.710. The first kappa shape index (κ1) is 16.3. The molecule has 2 fully saturated rings. The van der Waals surface area contributed by atoms with Crippen LogP contribution in [0.1, 0.15) is 42.9 Å². The molecule has 2 saturated heterocycles. The lowest BCUT2D eigenvalue weighted by Gasteiger charge is -2.36. The van der Waals surface area contributed by atoms with Crippen molar-refractivity contribution in [3.63, 3.8) is 0 Å². The summed E-state index contributed by atoms with van der Waals surface area (Å²) in [4.78, 5) is 17.6. The molecule has 5 heteroatoms.